The summed E-state index contributed by atoms with van der Waals surface area (Å²) in [5.41, 5.74) is 2.94. The van der Waals surface area contributed by atoms with Crippen LogP contribution in [0.1, 0.15) is 37.3 Å². The van der Waals surface area contributed by atoms with Crippen LogP contribution in [0.3, 0.4) is 0 Å². The van der Waals surface area contributed by atoms with Crippen LogP contribution in [-0.2, 0) is 0 Å². The molecule has 6 heteroatoms. The van der Waals surface area contributed by atoms with Crippen LogP contribution >= 0.6 is 12.2 Å². The Labute approximate surface area is 163 Å². The Hall–Kier alpha value is -2.73. The highest BCUT2D eigenvalue weighted by Crippen LogP contribution is 2.40. The predicted molar refractivity (Wildman–Crippen MR) is 108 cm³/mol. The van der Waals surface area contributed by atoms with E-state index < -0.39 is 0 Å². The topological polar surface area (TPSA) is 33.1 Å². The van der Waals surface area contributed by atoms with Crippen LogP contribution in [0.25, 0.3) is 5.69 Å². The Bertz CT molecular complexity index is 936. The van der Waals surface area contributed by atoms with Crippen LogP contribution in [0, 0.1) is 5.82 Å². The van der Waals surface area contributed by atoms with E-state index in [4.69, 9.17) is 12.2 Å². The smallest absolute Gasteiger partial charge is 0.170 e. The number of benzene rings is 1. The third-order valence-electron chi connectivity index (χ3n) is 4.88. The quantitative estimate of drug-likeness (QED) is 0.681. The van der Waals surface area contributed by atoms with Gasteiger partial charge in [-0.15, -0.1) is 0 Å². The van der Waals surface area contributed by atoms with E-state index >= 15 is 0 Å². The standard InChI is InChI=1S/C21H21FN4S/c1-14(2)26-20(19(24-21(26)27)17-6-3-4-12-23-17)18-7-5-13-25(18)16-10-8-15(22)9-11-16/h3-14,19-20H,1-2H3,(H,24,27)/t19-,20-/m1/s1. The fourth-order valence-electron chi connectivity index (χ4n) is 3.71. The lowest BCUT2D eigenvalue weighted by Crippen LogP contribution is -2.36. The lowest BCUT2D eigenvalue weighted by atomic mass is 10.0. The Morgan fingerprint density at radius 3 is 2.52 bits per heavy atom. The van der Waals surface area contributed by atoms with Gasteiger partial charge in [-0.1, -0.05) is 6.07 Å². The van der Waals surface area contributed by atoms with Crippen molar-refractivity contribution in [2.24, 2.45) is 0 Å². The van der Waals surface area contributed by atoms with Crippen molar-refractivity contribution in [2.75, 3.05) is 0 Å². The van der Waals surface area contributed by atoms with Crippen molar-refractivity contribution in [3.8, 4) is 5.69 Å². The average molecular weight is 380 g/mol. The Morgan fingerprint density at radius 1 is 1.07 bits per heavy atom. The van der Waals surface area contributed by atoms with Crippen LogP contribution in [-0.4, -0.2) is 25.6 Å². The third kappa shape index (κ3) is 3.21. The van der Waals surface area contributed by atoms with Crippen molar-refractivity contribution in [1.82, 2.24) is 19.8 Å². The fourth-order valence-corrected chi connectivity index (χ4v) is 4.16. The molecule has 27 heavy (non-hydrogen) atoms. The summed E-state index contributed by atoms with van der Waals surface area (Å²) in [5.74, 6) is -0.244. The number of thiocarbonyl (C=S) groups is 1. The molecule has 1 aromatic carbocycles. The maximum atomic E-state index is 13.4. The zero-order valence-corrected chi connectivity index (χ0v) is 16.0. The molecular weight excluding hydrogens is 359 g/mol. The van der Waals surface area contributed by atoms with E-state index in [1.54, 1.807) is 18.3 Å². The number of halogens is 1. The minimum atomic E-state index is -0.244. The van der Waals surface area contributed by atoms with Crippen LogP contribution in [0.15, 0.2) is 67.0 Å². The maximum Gasteiger partial charge on any atom is 0.170 e. The van der Waals surface area contributed by atoms with Crippen molar-refractivity contribution in [3.05, 3.63) is 84.2 Å². The molecule has 1 aliphatic rings. The molecule has 4 rings (SSSR count). The largest absolute Gasteiger partial charge is 0.352 e. The molecule has 0 radical (unpaired) electrons. The van der Waals surface area contributed by atoms with Crippen molar-refractivity contribution in [2.45, 2.75) is 32.0 Å². The average Bonchev–Trinajstić information content (AvgIpc) is 3.27. The van der Waals surface area contributed by atoms with E-state index in [0.29, 0.717) is 0 Å². The second kappa shape index (κ2) is 7.12. The van der Waals surface area contributed by atoms with Gasteiger partial charge >= 0.3 is 0 Å². The van der Waals surface area contributed by atoms with E-state index in [0.717, 1.165) is 22.2 Å². The molecule has 2 atom stereocenters. The highest BCUT2D eigenvalue weighted by Gasteiger charge is 2.42. The molecule has 1 aliphatic heterocycles. The third-order valence-corrected chi connectivity index (χ3v) is 5.21. The molecule has 0 unspecified atom stereocenters. The second-order valence-electron chi connectivity index (χ2n) is 6.91. The molecule has 1 N–H and O–H groups in total. The van der Waals surface area contributed by atoms with Gasteiger partial charge in [0, 0.05) is 29.8 Å². The molecule has 0 bridgehead atoms. The molecule has 0 saturated carbocycles. The van der Waals surface area contributed by atoms with Crippen LogP contribution in [0.2, 0.25) is 0 Å². The Morgan fingerprint density at radius 2 is 1.85 bits per heavy atom. The first-order chi connectivity index (χ1) is 13.1. The Balaban J connectivity index is 1.82. The van der Waals surface area contributed by atoms with Gasteiger partial charge in [0.25, 0.3) is 0 Å². The number of nitrogens with zero attached hydrogens (tertiary/aromatic N) is 3. The van der Waals surface area contributed by atoms with Gasteiger partial charge < -0.3 is 14.8 Å². The number of pyridine rings is 1. The van der Waals surface area contributed by atoms with E-state index in [9.17, 15) is 4.39 Å². The maximum absolute atomic E-state index is 13.4. The predicted octanol–water partition coefficient (Wildman–Crippen LogP) is 4.39. The van der Waals surface area contributed by atoms with Crippen molar-refractivity contribution in [3.63, 3.8) is 0 Å². The number of hydrogen-bond donors (Lipinski definition) is 1. The zero-order chi connectivity index (χ0) is 19.0. The molecule has 3 heterocycles. The number of nitrogens with one attached hydrogen (secondary N) is 1. The summed E-state index contributed by atoms with van der Waals surface area (Å²) in [4.78, 5) is 6.77. The number of hydrogen-bond acceptors (Lipinski definition) is 2. The summed E-state index contributed by atoms with van der Waals surface area (Å²) in [6, 6.07) is 16.7. The van der Waals surface area contributed by atoms with Gasteiger partial charge in [0.2, 0.25) is 0 Å². The lowest BCUT2D eigenvalue weighted by molar-refractivity contribution is 0.262. The molecule has 2 aromatic heterocycles. The van der Waals surface area contributed by atoms with E-state index in [2.05, 4.69) is 39.7 Å². The molecule has 138 valence electrons. The molecule has 1 saturated heterocycles. The minimum absolute atomic E-state index is 0.0209. The van der Waals surface area contributed by atoms with Crippen molar-refractivity contribution in [1.29, 1.82) is 0 Å². The van der Waals surface area contributed by atoms with Gasteiger partial charge in [0.15, 0.2) is 5.11 Å². The van der Waals surface area contributed by atoms with Crippen molar-refractivity contribution >= 4 is 17.3 Å². The Kier molecular flexibility index (Phi) is 4.66. The molecule has 0 spiro atoms. The highest BCUT2D eigenvalue weighted by atomic mass is 32.1. The monoisotopic (exact) mass is 380 g/mol. The summed E-state index contributed by atoms with van der Waals surface area (Å²) < 4.78 is 15.5. The molecule has 0 amide bonds. The van der Waals surface area contributed by atoms with E-state index in [1.165, 1.54) is 12.1 Å². The lowest BCUT2D eigenvalue weighted by Gasteiger charge is -2.31. The van der Waals surface area contributed by atoms with Gasteiger partial charge in [0.05, 0.1) is 17.8 Å². The molecule has 1 fully saturated rings. The van der Waals surface area contributed by atoms with Crippen LogP contribution in [0.5, 0.6) is 0 Å². The van der Waals surface area contributed by atoms with E-state index in [1.807, 2.05) is 30.5 Å². The van der Waals surface area contributed by atoms with Gasteiger partial charge in [0.1, 0.15) is 5.82 Å². The number of rotatable bonds is 4. The normalized spacial score (nSPS) is 19.6. The summed E-state index contributed by atoms with van der Waals surface area (Å²) in [5, 5.41) is 4.17. The summed E-state index contributed by atoms with van der Waals surface area (Å²) in [6.45, 7) is 4.26. The summed E-state index contributed by atoms with van der Waals surface area (Å²) >= 11 is 5.65. The van der Waals surface area contributed by atoms with Crippen molar-refractivity contribution < 1.29 is 4.39 Å². The molecule has 0 aliphatic carbocycles. The van der Waals surface area contributed by atoms with E-state index in [-0.39, 0.29) is 23.9 Å². The summed E-state index contributed by atoms with van der Waals surface area (Å²) in [7, 11) is 0. The minimum Gasteiger partial charge on any atom is -0.352 e. The first kappa shape index (κ1) is 17.7. The second-order valence-corrected chi connectivity index (χ2v) is 7.29. The highest BCUT2D eigenvalue weighted by molar-refractivity contribution is 7.80. The van der Waals surface area contributed by atoms with Gasteiger partial charge in [-0.3, -0.25) is 4.98 Å². The van der Waals surface area contributed by atoms with Gasteiger partial charge in [-0.2, -0.15) is 0 Å². The van der Waals surface area contributed by atoms with Crippen LogP contribution in [0.4, 0.5) is 4.39 Å². The number of aromatic nitrogens is 2. The first-order valence-electron chi connectivity index (χ1n) is 8.99. The molecular formula is C21H21FN4S. The first-order valence-corrected chi connectivity index (χ1v) is 9.40. The molecule has 3 aromatic rings. The fraction of sp³-hybridized carbons (Fsp3) is 0.238. The SMILES string of the molecule is CC(C)N1C(=S)N[C@H](c2ccccn2)[C@H]1c1cccn1-c1ccc(F)cc1. The van der Waals surface area contributed by atoms with Crippen LogP contribution < -0.4 is 5.32 Å². The summed E-state index contributed by atoms with van der Waals surface area (Å²) in [6.07, 6.45) is 3.80. The van der Waals surface area contributed by atoms with Gasteiger partial charge in [-0.25, -0.2) is 4.39 Å². The van der Waals surface area contributed by atoms with Gasteiger partial charge in [-0.05, 0) is 74.6 Å². The zero-order valence-electron chi connectivity index (χ0n) is 15.2. The molecule has 4 nitrogen and oxygen atoms in total.